The monoisotopic (exact) mass is 330 g/mol. The number of nitrogens with zero attached hydrogens (tertiary/aromatic N) is 1. The molecule has 1 fully saturated rings. The van der Waals surface area contributed by atoms with Crippen molar-refractivity contribution in [1.29, 1.82) is 0 Å². The second-order valence-corrected chi connectivity index (χ2v) is 7.73. The summed E-state index contributed by atoms with van der Waals surface area (Å²) in [6, 6.07) is 7.22. The molecular weight excluding hydrogens is 312 g/mol. The molecule has 1 amide bonds. The van der Waals surface area contributed by atoms with Gasteiger partial charge in [-0.1, -0.05) is 23.7 Å². The lowest BCUT2D eigenvalue weighted by Crippen LogP contribution is -2.46. The van der Waals surface area contributed by atoms with Gasteiger partial charge in [0.2, 0.25) is 15.9 Å². The van der Waals surface area contributed by atoms with Crippen LogP contribution in [0.4, 0.5) is 0 Å². The number of hydrogen-bond acceptors (Lipinski definition) is 3. The van der Waals surface area contributed by atoms with E-state index in [9.17, 15) is 13.2 Å². The molecule has 0 saturated carbocycles. The molecule has 0 aliphatic carbocycles. The number of nitrogens with one attached hydrogen (secondary N) is 1. The van der Waals surface area contributed by atoms with E-state index in [1.165, 1.54) is 10.6 Å². The van der Waals surface area contributed by atoms with Crippen molar-refractivity contribution in [3.05, 3.63) is 34.9 Å². The van der Waals surface area contributed by atoms with Crippen LogP contribution in [0, 0.1) is 0 Å². The Morgan fingerprint density at radius 1 is 1.29 bits per heavy atom. The quantitative estimate of drug-likeness (QED) is 0.908. The average molecular weight is 331 g/mol. The lowest BCUT2D eigenvalue weighted by Gasteiger charge is -2.30. The van der Waals surface area contributed by atoms with Crippen LogP contribution in [0.25, 0.3) is 0 Å². The predicted octanol–water partition coefficient (Wildman–Crippen LogP) is 1.42. The van der Waals surface area contributed by atoms with Crippen molar-refractivity contribution in [2.75, 3.05) is 19.3 Å². The first-order chi connectivity index (χ1) is 9.84. The molecule has 0 radical (unpaired) electrons. The van der Waals surface area contributed by atoms with Gasteiger partial charge in [0.15, 0.2) is 0 Å². The molecular formula is C14H19ClN2O3S. The molecule has 1 aromatic rings. The maximum absolute atomic E-state index is 12.0. The molecule has 0 spiro atoms. The van der Waals surface area contributed by atoms with Gasteiger partial charge in [0, 0.05) is 24.2 Å². The third-order valence-corrected chi connectivity index (χ3v) is 5.12. The summed E-state index contributed by atoms with van der Waals surface area (Å²) in [5, 5.41) is 3.61. The molecule has 0 bridgehead atoms. The van der Waals surface area contributed by atoms with Gasteiger partial charge < -0.3 is 5.32 Å². The molecule has 0 unspecified atom stereocenters. The Labute approximate surface area is 130 Å². The first-order valence-corrected chi connectivity index (χ1v) is 9.06. The fourth-order valence-corrected chi connectivity index (χ4v) is 3.40. The third-order valence-electron chi connectivity index (χ3n) is 3.57. The molecule has 116 valence electrons. The summed E-state index contributed by atoms with van der Waals surface area (Å²) in [5.41, 5.74) is 0.908. The number of halogens is 1. The first-order valence-electron chi connectivity index (χ1n) is 6.83. The highest BCUT2D eigenvalue weighted by Gasteiger charge is 2.25. The molecule has 1 aliphatic heterocycles. The van der Waals surface area contributed by atoms with Gasteiger partial charge in [-0.15, -0.1) is 0 Å². The number of rotatable bonds is 4. The van der Waals surface area contributed by atoms with E-state index >= 15 is 0 Å². The van der Waals surface area contributed by atoms with E-state index in [1.54, 1.807) is 12.1 Å². The molecule has 7 heteroatoms. The van der Waals surface area contributed by atoms with Gasteiger partial charge in [0.1, 0.15) is 0 Å². The number of carbonyl (C=O) groups excluding carboxylic acids is 1. The van der Waals surface area contributed by atoms with Gasteiger partial charge in [-0.25, -0.2) is 12.7 Å². The zero-order chi connectivity index (χ0) is 15.5. The summed E-state index contributed by atoms with van der Waals surface area (Å²) in [5.74, 6) is -0.0462. The summed E-state index contributed by atoms with van der Waals surface area (Å²) in [6.45, 7) is 0.926. The number of amides is 1. The van der Waals surface area contributed by atoms with Crippen LogP contribution in [0.1, 0.15) is 18.4 Å². The molecule has 0 atom stereocenters. The average Bonchev–Trinajstić information content (AvgIpc) is 2.41. The number of piperidine rings is 1. The Hall–Kier alpha value is -1.11. The number of sulfonamides is 1. The van der Waals surface area contributed by atoms with Crippen molar-refractivity contribution in [2.24, 2.45) is 0 Å². The van der Waals surface area contributed by atoms with Gasteiger partial charge in [-0.05, 0) is 30.5 Å². The van der Waals surface area contributed by atoms with E-state index in [2.05, 4.69) is 5.32 Å². The minimum atomic E-state index is -3.12. The van der Waals surface area contributed by atoms with Crippen LogP contribution in [0.15, 0.2) is 24.3 Å². The van der Waals surface area contributed by atoms with E-state index in [0.29, 0.717) is 37.4 Å². The van der Waals surface area contributed by atoms with Gasteiger partial charge in [-0.3, -0.25) is 4.79 Å². The normalized spacial score (nSPS) is 17.6. The summed E-state index contributed by atoms with van der Waals surface area (Å²) < 4.78 is 24.3. The van der Waals surface area contributed by atoms with Crippen LogP contribution in [0.5, 0.6) is 0 Å². The number of benzene rings is 1. The van der Waals surface area contributed by atoms with E-state index < -0.39 is 10.0 Å². The molecule has 0 aromatic heterocycles. The second kappa shape index (κ2) is 6.77. The Morgan fingerprint density at radius 2 is 1.86 bits per heavy atom. The maximum Gasteiger partial charge on any atom is 0.224 e. The Bertz CT molecular complexity index is 593. The van der Waals surface area contributed by atoms with E-state index in [4.69, 9.17) is 11.6 Å². The predicted molar refractivity (Wildman–Crippen MR) is 82.7 cm³/mol. The van der Waals surface area contributed by atoms with Crippen molar-refractivity contribution < 1.29 is 13.2 Å². The maximum atomic E-state index is 12.0. The Kier molecular flexibility index (Phi) is 5.24. The molecule has 1 aromatic carbocycles. The van der Waals surface area contributed by atoms with Crippen LogP contribution in [0.3, 0.4) is 0 Å². The smallest absolute Gasteiger partial charge is 0.224 e. The standard InChI is InChI=1S/C14H19ClN2O3S/c1-21(19,20)17-8-6-13(7-9-17)16-14(18)10-11-2-4-12(15)5-3-11/h2-5,13H,6-10H2,1H3,(H,16,18). The number of hydrogen-bond donors (Lipinski definition) is 1. The molecule has 2 rings (SSSR count). The molecule has 1 saturated heterocycles. The minimum Gasteiger partial charge on any atom is -0.353 e. The minimum absolute atomic E-state index is 0.0443. The topological polar surface area (TPSA) is 66.5 Å². The van der Waals surface area contributed by atoms with Gasteiger partial charge >= 0.3 is 0 Å². The van der Waals surface area contributed by atoms with Gasteiger partial charge in [0.05, 0.1) is 12.7 Å². The van der Waals surface area contributed by atoms with Crippen molar-refractivity contribution >= 4 is 27.5 Å². The van der Waals surface area contributed by atoms with Crippen LogP contribution >= 0.6 is 11.6 Å². The summed E-state index contributed by atoms with van der Waals surface area (Å²) >= 11 is 5.80. The van der Waals surface area contributed by atoms with Crippen molar-refractivity contribution in [3.63, 3.8) is 0 Å². The van der Waals surface area contributed by atoms with Crippen LogP contribution in [-0.2, 0) is 21.2 Å². The SMILES string of the molecule is CS(=O)(=O)N1CCC(NC(=O)Cc2ccc(Cl)cc2)CC1. The van der Waals surface area contributed by atoms with Crippen LogP contribution in [0.2, 0.25) is 5.02 Å². The van der Waals surface area contributed by atoms with Crippen LogP contribution < -0.4 is 5.32 Å². The lowest BCUT2D eigenvalue weighted by molar-refractivity contribution is -0.121. The largest absolute Gasteiger partial charge is 0.353 e. The summed E-state index contributed by atoms with van der Waals surface area (Å²) in [4.78, 5) is 12.0. The zero-order valence-electron chi connectivity index (χ0n) is 11.9. The first kappa shape index (κ1) is 16.3. The van der Waals surface area contributed by atoms with Gasteiger partial charge in [-0.2, -0.15) is 0 Å². The highest BCUT2D eigenvalue weighted by Crippen LogP contribution is 2.14. The van der Waals surface area contributed by atoms with E-state index in [-0.39, 0.29) is 11.9 Å². The van der Waals surface area contributed by atoms with Crippen molar-refractivity contribution in [1.82, 2.24) is 9.62 Å². The Morgan fingerprint density at radius 3 is 2.38 bits per heavy atom. The van der Waals surface area contributed by atoms with E-state index in [0.717, 1.165) is 5.56 Å². The van der Waals surface area contributed by atoms with E-state index in [1.807, 2.05) is 12.1 Å². The molecule has 1 heterocycles. The second-order valence-electron chi connectivity index (χ2n) is 5.31. The van der Waals surface area contributed by atoms with Crippen molar-refractivity contribution in [2.45, 2.75) is 25.3 Å². The molecule has 5 nitrogen and oxygen atoms in total. The van der Waals surface area contributed by atoms with Gasteiger partial charge in [0.25, 0.3) is 0 Å². The summed E-state index contributed by atoms with van der Waals surface area (Å²) in [7, 11) is -3.12. The van der Waals surface area contributed by atoms with Crippen LogP contribution in [-0.4, -0.2) is 44.0 Å². The Balaban J connectivity index is 1.80. The molecule has 1 N–H and O–H groups in total. The molecule has 21 heavy (non-hydrogen) atoms. The highest BCUT2D eigenvalue weighted by molar-refractivity contribution is 7.88. The van der Waals surface area contributed by atoms with Crippen molar-refractivity contribution in [3.8, 4) is 0 Å². The summed E-state index contributed by atoms with van der Waals surface area (Å²) in [6.07, 6.45) is 2.83. The molecule has 1 aliphatic rings. The number of carbonyl (C=O) groups is 1. The fraction of sp³-hybridized carbons (Fsp3) is 0.500. The lowest BCUT2D eigenvalue weighted by atomic mass is 10.1. The third kappa shape index (κ3) is 4.98. The fourth-order valence-electron chi connectivity index (χ4n) is 2.40. The zero-order valence-corrected chi connectivity index (χ0v) is 13.5. The highest BCUT2D eigenvalue weighted by atomic mass is 35.5.